The molecule has 2 heterocycles. The number of benzene rings is 1. The molecule has 0 fully saturated rings. The lowest BCUT2D eigenvalue weighted by Gasteiger charge is -2.00. The first-order valence-corrected chi connectivity index (χ1v) is 6.20. The second-order valence-corrected chi connectivity index (χ2v) is 4.60. The minimum atomic E-state index is -0.295. The van der Waals surface area contributed by atoms with Crippen molar-refractivity contribution in [3.8, 4) is 22.0 Å². The molecule has 3 aromatic rings. The molecule has 0 spiro atoms. The van der Waals surface area contributed by atoms with Gasteiger partial charge in [0.2, 0.25) is 0 Å². The summed E-state index contributed by atoms with van der Waals surface area (Å²) in [5, 5.41) is 10.1. The Morgan fingerprint density at radius 3 is 2.67 bits per heavy atom. The van der Waals surface area contributed by atoms with Crippen molar-refractivity contribution in [1.29, 1.82) is 0 Å². The Kier molecular flexibility index (Phi) is 2.82. The lowest BCUT2D eigenvalue weighted by Crippen LogP contribution is -1.93. The van der Waals surface area contributed by atoms with E-state index in [1.165, 1.54) is 12.1 Å². The maximum absolute atomic E-state index is 13.1. The third-order valence-electron chi connectivity index (χ3n) is 2.42. The van der Waals surface area contributed by atoms with Crippen molar-refractivity contribution in [3.63, 3.8) is 0 Å². The van der Waals surface area contributed by atoms with E-state index in [2.05, 4.69) is 15.2 Å². The third-order valence-corrected chi connectivity index (χ3v) is 3.29. The number of aromatic nitrogens is 3. The fourth-order valence-electron chi connectivity index (χ4n) is 1.57. The van der Waals surface area contributed by atoms with Crippen LogP contribution in [0.3, 0.4) is 0 Å². The minimum Gasteiger partial charge on any atom is -0.232 e. The van der Waals surface area contributed by atoms with Crippen LogP contribution >= 0.6 is 11.3 Å². The maximum atomic E-state index is 13.1. The van der Waals surface area contributed by atoms with Gasteiger partial charge in [-0.2, -0.15) is 0 Å². The van der Waals surface area contributed by atoms with Gasteiger partial charge in [0, 0.05) is 5.56 Å². The fraction of sp³-hybridized carbons (Fsp3) is 0. The maximum Gasteiger partial charge on any atom is 0.191 e. The summed E-state index contributed by atoms with van der Waals surface area (Å²) in [6.45, 7) is 0. The zero-order valence-electron chi connectivity index (χ0n) is 9.25. The largest absolute Gasteiger partial charge is 0.232 e. The smallest absolute Gasteiger partial charge is 0.191 e. The minimum absolute atomic E-state index is 0.295. The topological polar surface area (TPSA) is 38.7 Å². The number of hydrogen-bond donors (Lipinski definition) is 0. The normalized spacial score (nSPS) is 10.5. The summed E-state index contributed by atoms with van der Waals surface area (Å²) in [4.78, 5) is 5.21. The van der Waals surface area contributed by atoms with E-state index in [0.29, 0.717) is 17.1 Å². The van der Waals surface area contributed by atoms with Gasteiger partial charge in [-0.15, -0.1) is 21.5 Å². The zero-order chi connectivity index (χ0) is 12.4. The van der Waals surface area contributed by atoms with E-state index < -0.39 is 0 Å². The fourth-order valence-corrected chi connectivity index (χ4v) is 2.23. The van der Waals surface area contributed by atoms with Gasteiger partial charge in [-0.05, 0) is 23.6 Å². The van der Waals surface area contributed by atoms with Crippen molar-refractivity contribution in [2.24, 2.45) is 0 Å². The van der Waals surface area contributed by atoms with Gasteiger partial charge < -0.3 is 0 Å². The van der Waals surface area contributed by atoms with Crippen molar-refractivity contribution >= 4 is 11.3 Å². The molecule has 2 aromatic heterocycles. The van der Waals surface area contributed by atoms with E-state index in [1.54, 1.807) is 29.7 Å². The molecule has 0 aliphatic heterocycles. The number of rotatable bonds is 2. The summed E-state index contributed by atoms with van der Waals surface area (Å²) in [6.07, 6.45) is 1.61. The van der Waals surface area contributed by atoms with Crippen LogP contribution in [0.25, 0.3) is 22.0 Å². The number of nitrogens with zero attached hydrogens (tertiary/aromatic N) is 3. The Morgan fingerprint density at radius 1 is 1.06 bits per heavy atom. The molecule has 0 N–H and O–H groups in total. The van der Waals surface area contributed by atoms with E-state index in [4.69, 9.17) is 0 Å². The second-order valence-electron chi connectivity index (χ2n) is 3.65. The van der Waals surface area contributed by atoms with E-state index >= 15 is 0 Å². The Hall–Kier alpha value is -2.14. The van der Waals surface area contributed by atoms with Gasteiger partial charge in [0.1, 0.15) is 11.5 Å². The van der Waals surface area contributed by atoms with Crippen molar-refractivity contribution in [1.82, 2.24) is 15.2 Å². The zero-order valence-corrected chi connectivity index (χ0v) is 10.1. The summed E-state index contributed by atoms with van der Waals surface area (Å²) < 4.78 is 13.1. The van der Waals surface area contributed by atoms with Crippen LogP contribution in [0, 0.1) is 5.82 Å². The van der Waals surface area contributed by atoms with Crippen LogP contribution in [0.5, 0.6) is 0 Å². The van der Waals surface area contributed by atoms with Crippen LogP contribution in [-0.2, 0) is 0 Å². The Labute approximate surface area is 107 Å². The standard InChI is InChI=1S/C13H8FN3S/c14-10-4-1-3-9(7-10)11-8-15-13(17-16-11)12-5-2-6-18-12/h1-8H. The van der Waals surface area contributed by atoms with Crippen molar-refractivity contribution in [2.45, 2.75) is 0 Å². The monoisotopic (exact) mass is 257 g/mol. The van der Waals surface area contributed by atoms with Gasteiger partial charge in [-0.3, -0.25) is 0 Å². The first-order chi connectivity index (χ1) is 8.83. The molecular formula is C13H8FN3S. The molecule has 0 unspecified atom stereocenters. The highest BCUT2D eigenvalue weighted by Gasteiger charge is 2.05. The molecule has 0 saturated carbocycles. The van der Waals surface area contributed by atoms with E-state index in [-0.39, 0.29) is 5.82 Å². The molecule has 3 nitrogen and oxygen atoms in total. The quantitative estimate of drug-likeness (QED) is 0.706. The highest BCUT2D eigenvalue weighted by Crippen LogP contribution is 2.21. The third kappa shape index (κ3) is 2.12. The van der Waals surface area contributed by atoms with E-state index in [9.17, 15) is 4.39 Å². The van der Waals surface area contributed by atoms with Crippen LogP contribution in [0.4, 0.5) is 4.39 Å². The van der Waals surface area contributed by atoms with Crippen LogP contribution in [0.15, 0.2) is 48.0 Å². The predicted octanol–water partition coefficient (Wildman–Crippen LogP) is 3.41. The molecule has 0 aliphatic carbocycles. The Balaban J connectivity index is 1.96. The van der Waals surface area contributed by atoms with Gasteiger partial charge in [0.05, 0.1) is 11.1 Å². The molecule has 0 aliphatic rings. The van der Waals surface area contributed by atoms with Gasteiger partial charge in [0.25, 0.3) is 0 Å². The molecule has 0 radical (unpaired) electrons. The lowest BCUT2D eigenvalue weighted by atomic mass is 10.2. The first kappa shape index (κ1) is 11.0. The summed E-state index contributed by atoms with van der Waals surface area (Å²) in [5.41, 5.74) is 1.24. The van der Waals surface area contributed by atoms with Crippen LogP contribution in [-0.4, -0.2) is 15.2 Å². The Bertz CT molecular complexity index is 650. The van der Waals surface area contributed by atoms with Crippen molar-refractivity contribution < 1.29 is 4.39 Å². The number of halogens is 1. The van der Waals surface area contributed by atoms with Crippen LogP contribution in [0.1, 0.15) is 0 Å². The first-order valence-electron chi connectivity index (χ1n) is 5.32. The summed E-state index contributed by atoms with van der Waals surface area (Å²) in [5.74, 6) is 0.293. The van der Waals surface area contributed by atoms with Crippen LogP contribution in [0.2, 0.25) is 0 Å². The molecule has 5 heteroatoms. The molecular weight excluding hydrogens is 249 g/mol. The highest BCUT2D eigenvalue weighted by atomic mass is 32.1. The molecule has 1 aromatic carbocycles. The van der Waals surface area contributed by atoms with Gasteiger partial charge in [0.15, 0.2) is 5.82 Å². The SMILES string of the molecule is Fc1cccc(-c2cnc(-c3cccs3)nn2)c1. The molecule has 0 atom stereocenters. The summed E-state index contributed by atoms with van der Waals surface area (Å²) in [7, 11) is 0. The predicted molar refractivity (Wildman–Crippen MR) is 68.5 cm³/mol. The average molecular weight is 257 g/mol. The van der Waals surface area contributed by atoms with Gasteiger partial charge in [-0.25, -0.2) is 9.37 Å². The van der Waals surface area contributed by atoms with Crippen LogP contribution < -0.4 is 0 Å². The van der Waals surface area contributed by atoms with E-state index in [0.717, 1.165) is 4.88 Å². The van der Waals surface area contributed by atoms with Crippen molar-refractivity contribution in [3.05, 3.63) is 53.8 Å². The average Bonchev–Trinajstić information content (AvgIpc) is 2.93. The molecule has 0 bridgehead atoms. The highest BCUT2D eigenvalue weighted by molar-refractivity contribution is 7.13. The summed E-state index contributed by atoms with van der Waals surface area (Å²) >= 11 is 1.56. The molecule has 18 heavy (non-hydrogen) atoms. The van der Waals surface area contributed by atoms with Crippen molar-refractivity contribution in [2.75, 3.05) is 0 Å². The molecule has 88 valence electrons. The molecule has 0 saturated heterocycles. The van der Waals surface area contributed by atoms with Gasteiger partial charge in [-0.1, -0.05) is 18.2 Å². The van der Waals surface area contributed by atoms with Gasteiger partial charge >= 0.3 is 0 Å². The van der Waals surface area contributed by atoms with E-state index in [1.807, 2.05) is 17.5 Å². The summed E-state index contributed by atoms with van der Waals surface area (Å²) in [6, 6.07) is 10.1. The molecule has 3 rings (SSSR count). The second kappa shape index (κ2) is 4.62. The molecule has 0 amide bonds. The number of thiophene rings is 1. The lowest BCUT2D eigenvalue weighted by molar-refractivity contribution is 0.628. The number of hydrogen-bond acceptors (Lipinski definition) is 4. The Morgan fingerprint density at radius 2 is 2.00 bits per heavy atom.